The molecule has 3 N–H and O–H groups in total. The van der Waals surface area contributed by atoms with Crippen LogP contribution in [0.1, 0.15) is 18.1 Å². The molecule has 0 fully saturated rings. The summed E-state index contributed by atoms with van der Waals surface area (Å²) in [7, 11) is -3.86. The topological polar surface area (TPSA) is 132 Å². The summed E-state index contributed by atoms with van der Waals surface area (Å²) in [6.07, 6.45) is 1.39. The summed E-state index contributed by atoms with van der Waals surface area (Å²) < 4.78 is 47.2. The first-order chi connectivity index (χ1) is 16.7. The molecule has 0 aliphatic carbocycles. The first kappa shape index (κ1) is 25.4. The molecule has 0 atom stereocenters. The van der Waals surface area contributed by atoms with Gasteiger partial charge in [-0.2, -0.15) is 5.26 Å². The number of carbonyl (C=O) groups excluding carboxylic acids is 1. The number of hydrogen-bond acceptors (Lipinski definition) is 6. The van der Waals surface area contributed by atoms with Crippen LogP contribution in [-0.2, 0) is 21.4 Å². The fourth-order valence-electron chi connectivity index (χ4n) is 2.99. The molecule has 3 aromatic carbocycles. The SMILES string of the molecule is CCOc1cc(/C=C(\C#N)C(=O)Nc2ccc(S(N)(=O)=O)cc2)ccc1OCc1ccc(F)cc1. The Morgan fingerprint density at radius 2 is 1.74 bits per heavy atom. The maximum absolute atomic E-state index is 13.1. The fourth-order valence-corrected chi connectivity index (χ4v) is 3.50. The van der Waals surface area contributed by atoms with Crippen molar-refractivity contribution in [1.82, 2.24) is 0 Å². The van der Waals surface area contributed by atoms with Gasteiger partial charge in [0.25, 0.3) is 5.91 Å². The predicted molar refractivity (Wildman–Crippen MR) is 128 cm³/mol. The number of benzene rings is 3. The summed E-state index contributed by atoms with van der Waals surface area (Å²) in [4.78, 5) is 12.5. The Hall–Kier alpha value is -4.20. The van der Waals surface area contributed by atoms with Gasteiger partial charge >= 0.3 is 0 Å². The molecule has 3 aromatic rings. The number of halogens is 1. The average molecular weight is 496 g/mol. The van der Waals surface area contributed by atoms with Crippen molar-refractivity contribution in [3.8, 4) is 17.6 Å². The summed E-state index contributed by atoms with van der Waals surface area (Å²) in [5, 5.41) is 17.1. The van der Waals surface area contributed by atoms with Gasteiger partial charge in [-0.3, -0.25) is 4.79 Å². The van der Waals surface area contributed by atoms with Crippen molar-refractivity contribution in [1.29, 1.82) is 5.26 Å². The molecule has 180 valence electrons. The molecule has 1 amide bonds. The lowest BCUT2D eigenvalue weighted by Crippen LogP contribution is -2.14. The van der Waals surface area contributed by atoms with Crippen molar-refractivity contribution >= 4 is 27.7 Å². The summed E-state index contributed by atoms with van der Waals surface area (Å²) >= 11 is 0. The highest BCUT2D eigenvalue weighted by Gasteiger charge is 2.13. The summed E-state index contributed by atoms with van der Waals surface area (Å²) in [6.45, 7) is 2.37. The minimum absolute atomic E-state index is 0.100. The number of nitrogens with one attached hydrogen (secondary N) is 1. The molecular formula is C25H22FN3O5S. The molecule has 0 saturated carbocycles. The van der Waals surface area contributed by atoms with Gasteiger partial charge in [0.15, 0.2) is 11.5 Å². The van der Waals surface area contributed by atoms with Crippen LogP contribution >= 0.6 is 0 Å². The van der Waals surface area contributed by atoms with Crippen LogP contribution in [0.3, 0.4) is 0 Å². The highest BCUT2D eigenvalue weighted by molar-refractivity contribution is 7.89. The van der Waals surface area contributed by atoms with Crippen LogP contribution in [0, 0.1) is 17.1 Å². The van der Waals surface area contributed by atoms with E-state index in [0.29, 0.717) is 29.4 Å². The quantitative estimate of drug-likeness (QED) is 0.341. The van der Waals surface area contributed by atoms with Crippen molar-refractivity contribution in [2.45, 2.75) is 18.4 Å². The molecule has 0 bridgehead atoms. The lowest BCUT2D eigenvalue weighted by Gasteiger charge is -2.13. The van der Waals surface area contributed by atoms with E-state index in [-0.39, 0.29) is 22.9 Å². The molecule has 0 aliphatic heterocycles. The zero-order valence-corrected chi connectivity index (χ0v) is 19.5. The second-order valence-corrected chi connectivity index (χ2v) is 8.81. The Morgan fingerprint density at radius 1 is 1.06 bits per heavy atom. The zero-order valence-electron chi connectivity index (χ0n) is 18.7. The maximum atomic E-state index is 13.1. The lowest BCUT2D eigenvalue weighted by atomic mass is 10.1. The van der Waals surface area contributed by atoms with E-state index in [4.69, 9.17) is 14.6 Å². The number of carbonyl (C=O) groups is 1. The molecule has 0 spiro atoms. The second-order valence-electron chi connectivity index (χ2n) is 7.25. The zero-order chi connectivity index (χ0) is 25.4. The number of sulfonamides is 1. The maximum Gasteiger partial charge on any atom is 0.266 e. The van der Waals surface area contributed by atoms with Gasteiger partial charge in [-0.15, -0.1) is 0 Å². The van der Waals surface area contributed by atoms with E-state index in [1.807, 2.05) is 13.0 Å². The average Bonchev–Trinajstić information content (AvgIpc) is 2.83. The highest BCUT2D eigenvalue weighted by atomic mass is 32.2. The van der Waals surface area contributed by atoms with Crippen LogP contribution in [0.25, 0.3) is 6.08 Å². The standard InChI is InChI=1S/C25H22FN3O5S/c1-2-33-24-14-18(5-12-23(24)34-16-17-3-6-20(26)7-4-17)13-19(15-27)25(30)29-21-8-10-22(11-9-21)35(28,31)32/h3-14H,2,16H2,1H3,(H,29,30)(H2,28,31,32)/b19-13+. The third-order valence-electron chi connectivity index (χ3n) is 4.69. The van der Waals surface area contributed by atoms with E-state index in [2.05, 4.69) is 5.32 Å². The first-order valence-corrected chi connectivity index (χ1v) is 11.9. The van der Waals surface area contributed by atoms with E-state index in [1.54, 1.807) is 30.3 Å². The largest absolute Gasteiger partial charge is 0.490 e. The Bertz CT molecular complexity index is 1380. The van der Waals surface area contributed by atoms with Gasteiger partial charge in [0.05, 0.1) is 11.5 Å². The van der Waals surface area contributed by atoms with E-state index in [1.165, 1.54) is 42.5 Å². The van der Waals surface area contributed by atoms with Crippen LogP contribution in [0.2, 0.25) is 0 Å². The van der Waals surface area contributed by atoms with E-state index >= 15 is 0 Å². The van der Waals surface area contributed by atoms with Crippen LogP contribution in [0.4, 0.5) is 10.1 Å². The highest BCUT2D eigenvalue weighted by Crippen LogP contribution is 2.30. The van der Waals surface area contributed by atoms with Gasteiger partial charge < -0.3 is 14.8 Å². The first-order valence-electron chi connectivity index (χ1n) is 10.4. The molecule has 8 nitrogen and oxygen atoms in total. The van der Waals surface area contributed by atoms with Gasteiger partial charge in [-0.25, -0.2) is 17.9 Å². The minimum atomic E-state index is -3.86. The molecule has 0 aliphatic rings. The number of nitriles is 1. The molecule has 0 saturated heterocycles. The Labute approximate surface area is 202 Å². The smallest absolute Gasteiger partial charge is 0.266 e. The second kappa shape index (κ2) is 11.3. The Morgan fingerprint density at radius 3 is 2.34 bits per heavy atom. The van der Waals surface area contributed by atoms with E-state index in [9.17, 15) is 22.9 Å². The van der Waals surface area contributed by atoms with Crippen molar-refractivity contribution in [2.75, 3.05) is 11.9 Å². The van der Waals surface area contributed by atoms with Crippen LogP contribution in [0.15, 0.2) is 77.2 Å². The predicted octanol–water partition coefficient (Wildman–Crippen LogP) is 4.00. The number of amides is 1. The van der Waals surface area contributed by atoms with Crippen molar-refractivity contribution in [3.05, 3.63) is 89.2 Å². The number of hydrogen-bond donors (Lipinski definition) is 2. The molecule has 0 aromatic heterocycles. The third kappa shape index (κ3) is 7.14. The van der Waals surface area contributed by atoms with Crippen molar-refractivity contribution < 1.29 is 27.1 Å². The molecule has 0 unspecified atom stereocenters. The fraction of sp³-hybridized carbons (Fsp3) is 0.120. The molecule has 0 radical (unpaired) electrons. The van der Waals surface area contributed by atoms with Gasteiger partial charge in [-0.1, -0.05) is 18.2 Å². The van der Waals surface area contributed by atoms with Crippen LogP contribution in [-0.4, -0.2) is 20.9 Å². The molecule has 0 heterocycles. The number of nitrogens with zero attached hydrogens (tertiary/aromatic N) is 1. The van der Waals surface area contributed by atoms with Gasteiger partial charge in [0.2, 0.25) is 10.0 Å². The lowest BCUT2D eigenvalue weighted by molar-refractivity contribution is -0.112. The summed E-state index contributed by atoms with van der Waals surface area (Å²) in [5.74, 6) is -0.144. The van der Waals surface area contributed by atoms with Gasteiger partial charge in [-0.05, 0) is 72.7 Å². The van der Waals surface area contributed by atoms with Crippen LogP contribution in [0.5, 0.6) is 11.5 Å². The number of ether oxygens (including phenoxy) is 2. The minimum Gasteiger partial charge on any atom is -0.490 e. The van der Waals surface area contributed by atoms with Crippen LogP contribution < -0.4 is 19.9 Å². The molecule has 35 heavy (non-hydrogen) atoms. The number of primary sulfonamides is 1. The summed E-state index contributed by atoms with van der Waals surface area (Å²) in [5.41, 5.74) is 1.42. The van der Waals surface area contributed by atoms with Crippen molar-refractivity contribution in [3.63, 3.8) is 0 Å². The van der Waals surface area contributed by atoms with E-state index in [0.717, 1.165) is 5.56 Å². The molecular weight excluding hydrogens is 473 g/mol. The third-order valence-corrected chi connectivity index (χ3v) is 5.62. The Kier molecular flexibility index (Phi) is 8.20. The van der Waals surface area contributed by atoms with E-state index < -0.39 is 15.9 Å². The number of anilines is 1. The normalized spacial score (nSPS) is 11.4. The van der Waals surface area contributed by atoms with Gasteiger partial charge in [0.1, 0.15) is 24.1 Å². The number of nitrogens with two attached hydrogens (primary N) is 1. The Balaban J connectivity index is 1.76. The molecule has 10 heteroatoms. The van der Waals surface area contributed by atoms with Gasteiger partial charge in [0, 0.05) is 5.69 Å². The van der Waals surface area contributed by atoms with Crippen molar-refractivity contribution in [2.24, 2.45) is 5.14 Å². The monoisotopic (exact) mass is 495 g/mol. The summed E-state index contributed by atoms with van der Waals surface area (Å²) in [6, 6.07) is 18.0. The molecule has 3 rings (SSSR count). The number of rotatable bonds is 9.